The number of carboxylic acids is 2. The Morgan fingerprint density at radius 2 is 1.51 bits per heavy atom. The maximum Gasteiger partial charge on any atom is 0.408 e. The second kappa shape index (κ2) is 14.7. The van der Waals surface area contributed by atoms with E-state index in [0.29, 0.717) is 12.1 Å². The predicted octanol–water partition coefficient (Wildman–Crippen LogP) is 1.85. The first-order valence-corrected chi connectivity index (χ1v) is 12.0. The molecule has 206 valence electrons. The Morgan fingerprint density at radius 3 is 2.03 bits per heavy atom. The maximum absolute atomic E-state index is 12.8. The van der Waals surface area contributed by atoms with E-state index in [1.807, 2.05) is 6.92 Å². The summed E-state index contributed by atoms with van der Waals surface area (Å²) in [5, 5.41) is 25.8. The summed E-state index contributed by atoms with van der Waals surface area (Å²) in [6.45, 7) is 9.00. The van der Waals surface area contributed by atoms with Gasteiger partial charge in [0.2, 0.25) is 11.8 Å². The lowest BCUT2D eigenvalue weighted by Gasteiger charge is -2.23. The fraction of sp³-hybridized carbons (Fsp3) is 0.560. The van der Waals surface area contributed by atoms with E-state index in [9.17, 15) is 24.0 Å². The van der Waals surface area contributed by atoms with E-state index in [4.69, 9.17) is 19.7 Å². The van der Waals surface area contributed by atoms with E-state index in [-0.39, 0.29) is 12.2 Å². The molecular weight excluding hydrogens is 486 g/mol. The molecule has 0 aromatic heterocycles. The van der Waals surface area contributed by atoms with Gasteiger partial charge in [-0.25, -0.2) is 14.4 Å². The van der Waals surface area contributed by atoms with Crippen molar-refractivity contribution in [2.45, 2.75) is 84.1 Å². The van der Waals surface area contributed by atoms with Crippen LogP contribution in [0.5, 0.6) is 5.75 Å². The van der Waals surface area contributed by atoms with Gasteiger partial charge in [0.15, 0.2) is 0 Å². The van der Waals surface area contributed by atoms with Crippen LogP contribution in [0.2, 0.25) is 0 Å². The summed E-state index contributed by atoms with van der Waals surface area (Å²) < 4.78 is 10.1. The first-order valence-electron chi connectivity index (χ1n) is 12.0. The van der Waals surface area contributed by atoms with Crippen LogP contribution in [-0.4, -0.2) is 70.4 Å². The quantitative estimate of drug-likeness (QED) is 0.180. The number of hydrogen-bond donors (Lipinski definition) is 5. The van der Waals surface area contributed by atoms with Crippen molar-refractivity contribution < 1.29 is 43.7 Å². The molecular formula is C25H37N3O9. The molecule has 1 aromatic rings. The van der Waals surface area contributed by atoms with Gasteiger partial charge in [0.25, 0.3) is 6.10 Å². The lowest BCUT2D eigenvalue weighted by atomic mass is 10.0. The Labute approximate surface area is 216 Å². The largest absolute Gasteiger partial charge is 0.478 e. The van der Waals surface area contributed by atoms with Crippen molar-refractivity contribution >= 4 is 29.8 Å². The van der Waals surface area contributed by atoms with Crippen LogP contribution >= 0.6 is 0 Å². The molecule has 5 N–H and O–H groups in total. The zero-order chi connectivity index (χ0) is 28.2. The van der Waals surface area contributed by atoms with Crippen molar-refractivity contribution in [1.29, 1.82) is 0 Å². The monoisotopic (exact) mass is 523 g/mol. The van der Waals surface area contributed by atoms with Gasteiger partial charge in [-0.3, -0.25) is 9.59 Å². The Bertz CT molecular complexity index is 928. The molecule has 0 spiro atoms. The topological polar surface area (TPSA) is 180 Å². The number of carboxylic acid groups (broad SMARTS) is 2. The van der Waals surface area contributed by atoms with Crippen LogP contribution in [0.3, 0.4) is 0 Å². The molecule has 0 unspecified atom stereocenters. The SMILES string of the molecule is CCCCCNC(=O)[C@H](Cc1ccc(OC(C(=O)O)C(=O)O)cc1)NC(=O)[C@H](C)NC(=O)OC(C)(C)C. The molecule has 0 radical (unpaired) electrons. The second-order valence-corrected chi connectivity index (χ2v) is 9.45. The molecule has 12 nitrogen and oxygen atoms in total. The zero-order valence-electron chi connectivity index (χ0n) is 21.8. The smallest absolute Gasteiger partial charge is 0.408 e. The number of rotatable bonds is 14. The number of carbonyl (C=O) groups excluding carboxylic acids is 3. The molecule has 0 aliphatic carbocycles. The fourth-order valence-electron chi connectivity index (χ4n) is 3.05. The summed E-state index contributed by atoms with van der Waals surface area (Å²) in [6, 6.07) is 3.85. The van der Waals surface area contributed by atoms with Gasteiger partial charge >= 0.3 is 18.0 Å². The van der Waals surface area contributed by atoms with Crippen molar-refractivity contribution in [3.8, 4) is 5.75 Å². The van der Waals surface area contributed by atoms with Gasteiger partial charge in [0, 0.05) is 13.0 Å². The number of ether oxygens (including phenoxy) is 2. The van der Waals surface area contributed by atoms with Gasteiger partial charge in [-0.1, -0.05) is 31.9 Å². The summed E-state index contributed by atoms with van der Waals surface area (Å²) in [4.78, 5) is 59.6. The van der Waals surface area contributed by atoms with Gasteiger partial charge < -0.3 is 35.6 Å². The van der Waals surface area contributed by atoms with E-state index in [2.05, 4.69) is 16.0 Å². The Morgan fingerprint density at radius 1 is 0.919 bits per heavy atom. The third kappa shape index (κ3) is 12.1. The summed E-state index contributed by atoms with van der Waals surface area (Å²) >= 11 is 0. The van der Waals surface area contributed by atoms with Gasteiger partial charge in [-0.05, 0) is 51.8 Å². The Hall–Kier alpha value is -3.83. The molecule has 1 rings (SSSR count). The summed E-state index contributed by atoms with van der Waals surface area (Å²) in [5.41, 5.74) is -0.150. The molecule has 0 aliphatic rings. The van der Waals surface area contributed by atoms with Crippen molar-refractivity contribution in [1.82, 2.24) is 16.0 Å². The van der Waals surface area contributed by atoms with Crippen LogP contribution < -0.4 is 20.7 Å². The minimum Gasteiger partial charge on any atom is -0.478 e. The van der Waals surface area contributed by atoms with Crippen molar-refractivity contribution in [2.24, 2.45) is 0 Å². The molecule has 3 amide bonds. The normalized spacial score (nSPS) is 12.7. The third-order valence-corrected chi connectivity index (χ3v) is 4.90. The van der Waals surface area contributed by atoms with Crippen LogP contribution in [0.4, 0.5) is 4.79 Å². The standard InChI is InChI=1S/C25H37N3O9/c1-6-7-8-13-26-21(30)18(28-20(29)15(2)27-24(35)37-25(3,4)5)14-16-9-11-17(12-10-16)36-19(22(31)32)23(33)34/h9-12,15,18-19H,6-8,13-14H2,1-5H3,(H,26,30)(H,27,35)(H,28,29)(H,31,32)(H,33,34)/t15-,18-/m0/s1. The van der Waals surface area contributed by atoms with E-state index in [1.54, 1.807) is 20.8 Å². The summed E-state index contributed by atoms with van der Waals surface area (Å²) in [7, 11) is 0. The van der Waals surface area contributed by atoms with Gasteiger partial charge in [-0.15, -0.1) is 0 Å². The average Bonchev–Trinajstić information content (AvgIpc) is 2.78. The molecule has 1 aromatic carbocycles. The number of carbonyl (C=O) groups is 5. The number of aliphatic carboxylic acids is 2. The lowest BCUT2D eigenvalue weighted by Crippen LogP contribution is -2.54. The van der Waals surface area contributed by atoms with E-state index >= 15 is 0 Å². The predicted molar refractivity (Wildman–Crippen MR) is 133 cm³/mol. The second-order valence-electron chi connectivity index (χ2n) is 9.45. The van der Waals surface area contributed by atoms with E-state index in [1.165, 1.54) is 31.2 Å². The van der Waals surface area contributed by atoms with Crippen LogP contribution in [0.25, 0.3) is 0 Å². The van der Waals surface area contributed by atoms with Gasteiger partial charge in [-0.2, -0.15) is 0 Å². The zero-order valence-corrected chi connectivity index (χ0v) is 21.8. The van der Waals surface area contributed by atoms with E-state index in [0.717, 1.165) is 19.3 Å². The fourth-order valence-corrected chi connectivity index (χ4v) is 3.05. The number of benzene rings is 1. The lowest BCUT2D eigenvalue weighted by molar-refractivity contribution is -0.159. The highest BCUT2D eigenvalue weighted by molar-refractivity contribution is 5.96. The molecule has 37 heavy (non-hydrogen) atoms. The molecule has 0 saturated heterocycles. The third-order valence-electron chi connectivity index (χ3n) is 4.90. The van der Waals surface area contributed by atoms with Crippen molar-refractivity contribution in [3.05, 3.63) is 29.8 Å². The van der Waals surface area contributed by atoms with Gasteiger partial charge in [0.1, 0.15) is 23.4 Å². The highest BCUT2D eigenvalue weighted by Crippen LogP contribution is 2.16. The molecule has 12 heteroatoms. The number of hydrogen-bond acceptors (Lipinski definition) is 7. The number of amides is 3. The summed E-state index contributed by atoms with van der Waals surface area (Å²) in [5.74, 6) is -4.28. The number of unbranched alkanes of at least 4 members (excludes halogenated alkanes) is 2. The molecule has 0 fully saturated rings. The van der Waals surface area contributed by atoms with Crippen LogP contribution in [0, 0.1) is 0 Å². The minimum atomic E-state index is -2.06. The first-order chi connectivity index (χ1) is 17.2. The Kier molecular flexibility index (Phi) is 12.4. The highest BCUT2D eigenvalue weighted by atomic mass is 16.6. The highest BCUT2D eigenvalue weighted by Gasteiger charge is 2.28. The molecule has 0 bridgehead atoms. The van der Waals surface area contributed by atoms with E-state index < -0.39 is 53.6 Å². The van der Waals surface area contributed by atoms with Crippen LogP contribution in [0.1, 0.15) is 59.4 Å². The van der Waals surface area contributed by atoms with Crippen LogP contribution in [-0.2, 0) is 30.3 Å². The number of alkyl carbamates (subject to hydrolysis) is 1. The molecule has 0 aliphatic heterocycles. The van der Waals surface area contributed by atoms with Crippen molar-refractivity contribution in [3.63, 3.8) is 0 Å². The molecule has 0 heterocycles. The van der Waals surface area contributed by atoms with Crippen molar-refractivity contribution in [2.75, 3.05) is 6.54 Å². The average molecular weight is 524 g/mol. The minimum absolute atomic E-state index is 0.0123. The van der Waals surface area contributed by atoms with Gasteiger partial charge in [0.05, 0.1) is 0 Å². The molecule has 0 saturated carbocycles. The first kappa shape index (κ1) is 31.2. The van der Waals surface area contributed by atoms with Crippen LogP contribution in [0.15, 0.2) is 24.3 Å². The summed E-state index contributed by atoms with van der Waals surface area (Å²) in [6.07, 6.45) is -0.0731. The number of nitrogens with one attached hydrogen (secondary N) is 3. The maximum atomic E-state index is 12.8. The molecule has 2 atom stereocenters. The Balaban J connectivity index is 2.93.